The van der Waals surface area contributed by atoms with Crippen LogP contribution in [-0.4, -0.2) is 23.4 Å². The van der Waals surface area contributed by atoms with Crippen molar-refractivity contribution in [2.75, 3.05) is 12.8 Å². The van der Waals surface area contributed by atoms with Gasteiger partial charge in [-0.2, -0.15) is 5.26 Å². The highest BCUT2D eigenvalue weighted by Gasteiger charge is 2.29. The summed E-state index contributed by atoms with van der Waals surface area (Å²) in [4.78, 5) is 13.8. The van der Waals surface area contributed by atoms with Gasteiger partial charge in [0.15, 0.2) is 0 Å². The second-order valence-electron chi connectivity index (χ2n) is 5.08. The molecule has 0 spiro atoms. The number of nitrogens with zero attached hydrogens (tertiary/aromatic N) is 2. The summed E-state index contributed by atoms with van der Waals surface area (Å²) in [5.74, 6) is -0.231. The van der Waals surface area contributed by atoms with Gasteiger partial charge in [-0.3, -0.25) is 4.79 Å². The molecule has 0 aliphatic rings. The number of rotatable bonds is 2. The van der Waals surface area contributed by atoms with Crippen LogP contribution in [-0.2, 0) is 0 Å². The molecule has 0 fully saturated rings. The predicted molar refractivity (Wildman–Crippen MR) is 72.1 cm³/mol. The van der Waals surface area contributed by atoms with Gasteiger partial charge >= 0.3 is 0 Å². The van der Waals surface area contributed by atoms with E-state index in [4.69, 9.17) is 11.0 Å². The fourth-order valence-electron chi connectivity index (χ4n) is 1.67. The number of hydrogen-bond donors (Lipinski definition) is 1. The molecule has 2 N–H and O–H groups in total. The van der Waals surface area contributed by atoms with Gasteiger partial charge < -0.3 is 10.6 Å². The zero-order chi connectivity index (χ0) is 14.1. The van der Waals surface area contributed by atoms with Crippen LogP contribution in [0.3, 0.4) is 0 Å². The van der Waals surface area contributed by atoms with Crippen LogP contribution in [0, 0.1) is 25.2 Å². The van der Waals surface area contributed by atoms with Crippen LogP contribution in [0.25, 0.3) is 0 Å². The third kappa shape index (κ3) is 2.45. The van der Waals surface area contributed by atoms with E-state index in [0.717, 1.165) is 11.1 Å². The fourth-order valence-corrected chi connectivity index (χ4v) is 1.67. The van der Waals surface area contributed by atoms with Crippen molar-refractivity contribution in [1.29, 1.82) is 5.26 Å². The summed E-state index contributed by atoms with van der Waals surface area (Å²) in [6.45, 7) is 7.18. The van der Waals surface area contributed by atoms with Gasteiger partial charge in [0.2, 0.25) is 0 Å². The first-order valence-corrected chi connectivity index (χ1v) is 5.77. The first-order valence-electron chi connectivity index (χ1n) is 5.77. The number of aryl methyl sites for hydroxylation is 2. The minimum absolute atomic E-state index is 0.231. The third-order valence-corrected chi connectivity index (χ3v) is 3.18. The second kappa shape index (κ2) is 4.69. The molecule has 0 heterocycles. The molecule has 0 unspecified atom stereocenters. The lowest BCUT2D eigenvalue weighted by Crippen LogP contribution is -2.44. The summed E-state index contributed by atoms with van der Waals surface area (Å²) in [6.07, 6.45) is 0. The van der Waals surface area contributed by atoms with Crippen LogP contribution in [0.1, 0.15) is 35.3 Å². The van der Waals surface area contributed by atoms with Crippen LogP contribution < -0.4 is 5.73 Å². The van der Waals surface area contributed by atoms with Crippen molar-refractivity contribution in [3.8, 4) is 6.07 Å². The van der Waals surface area contributed by atoms with E-state index in [9.17, 15) is 4.79 Å². The van der Waals surface area contributed by atoms with Crippen molar-refractivity contribution < 1.29 is 4.79 Å². The van der Waals surface area contributed by atoms with Gasteiger partial charge in [0.05, 0.1) is 11.6 Å². The quantitative estimate of drug-likeness (QED) is 0.812. The monoisotopic (exact) mass is 245 g/mol. The van der Waals surface area contributed by atoms with Crippen molar-refractivity contribution in [1.82, 2.24) is 4.90 Å². The van der Waals surface area contributed by atoms with E-state index in [-0.39, 0.29) is 5.91 Å². The van der Waals surface area contributed by atoms with E-state index in [1.165, 1.54) is 4.90 Å². The molecule has 1 aromatic carbocycles. The average Bonchev–Trinajstić information content (AvgIpc) is 2.31. The number of carbonyl (C=O) groups is 1. The number of carbonyl (C=O) groups excluding carboxylic acids is 1. The van der Waals surface area contributed by atoms with Gasteiger partial charge in [-0.1, -0.05) is 6.07 Å². The van der Waals surface area contributed by atoms with E-state index in [1.54, 1.807) is 27.0 Å². The van der Waals surface area contributed by atoms with E-state index in [1.807, 2.05) is 19.9 Å². The minimum atomic E-state index is -0.860. The lowest BCUT2D eigenvalue weighted by atomic mass is 10.0. The number of benzene rings is 1. The van der Waals surface area contributed by atoms with Crippen molar-refractivity contribution in [3.05, 3.63) is 28.8 Å². The summed E-state index contributed by atoms with van der Waals surface area (Å²) in [5, 5.41) is 9.06. The Balaban J connectivity index is 3.25. The van der Waals surface area contributed by atoms with Gasteiger partial charge in [0.1, 0.15) is 5.54 Å². The van der Waals surface area contributed by atoms with Crippen LogP contribution in [0.15, 0.2) is 12.1 Å². The zero-order valence-corrected chi connectivity index (χ0v) is 11.5. The fraction of sp³-hybridized carbons (Fsp3) is 0.429. The third-order valence-electron chi connectivity index (χ3n) is 3.18. The maximum absolute atomic E-state index is 12.4. The van der Waals surface area contributed by atoms with Crippen LogP contribution >= 0.6 is 0 Å². The molecule has 0 bridgehead atoms. The molecule has 1 aromatic rings. The smallest absolute Gasteiger partial charge is 0.256 e. The molecule has 0 radical (unpaired) electrons. The molecule has 4 heteroatoms. The SMILES string of the molecule is Cc1cc(C)c(N)c(C(=O)N(C)C(C)(C)C#N)c1. The first kappa shape index (κ1) is 14.0. The maximum Gasteiger partial charge on any atom is 0.256 e. The molecular weight excluding hydrogens is 226 g/mol. The van der Waals surface area contributed by atoms with Gasteiger partial charge in [-0.25, -0.2) is 0 Å². The molecule has 0 saturated heterocycles. The lowest BCUT2D eigenvalue weighted by molar-refractivity contribution is 0.0699. The Morgan fingerprint density at radius 1 is 1.39 bits per heavy atom. The lowest BCUT2D eigenvalue weighted by Gasteiger charge is -2.29. The van der Waals surface area contributed by atoms with Gasteiger partial charge in [-0.05, 0) is 44.9 Å². The van der Waals surface area contributed by atoms with E-state index in [2.05, 4.69) is 6.07 Å². The van der Waals surface area contributed by atoms with E-state index < -0.39 is 5.54 Å². The normalized spacial score (nSPS) is 10.9. The van der Waals surface area contributed by atoms with Crippen LogP contribution in [0.2, 0.25) is 0 Å². The Labute approximate surface area is 108 Å². The maximum atomic E-state index is 12.4. The summed E-state index contributed by atoms with van der Waals surface area (Å²) >= 11 is 0. The first-order chi connectivity index (χ1) is 8.20. The van der Waals surface area contributed by atoms with Gasteiger partial charge in [-0.15, -0.1) is 0 Å². The number of nitrogen functional groups attached to an aromatic ring is 1. The zero-order valence-electron chi connectivity index (χ0n) is 11.5. The van der Waals surface area contributed by atoms with Crippen LogP contribution in [0.4, 0.5) is 5.69 Å². The van der Waals surface area contributed by atoms with Gasteiger partial charge in [0, 0.05) is 12.7 Å². The van der Waals surface area contributed by atoms with Crippen molar-refractivity contribution in [2.45, 2.75) is 33.2 Å². The van der Waals surface area contributed by atoms with Crippen molar-refractivity contribution in [2.24, 2.45) is 0 Å². The largest absolute Gasteiger partial charge is 0.398 e. The highest BCUT2D eigenvalue weighted by atomic mass is 16.2. The van der Waals surface area contributed by atoms with Crippen LogP contribution in [0.5, 0.6) is 0 Å². The summed E-state index contributed by atoms with van der Waals surface area (Å²) in [5.41, 5.74) is 7.88. The molecule has 0 aromatic heterocycles. The molecule has 0 atom stereocenters. The van der Waals surface area contributed by atoms with Crippen molar-refractivity contribution in [3.63, 3.8) is 0 Å². The van der Waals surface area contributed by atoms with E-state index in [0.29, 0.717) is 11.3 Å². The molecule has 4 nitrogen and oxygen atoms in total. The molecule has 1 amide bonds. The Morgan fingerprint density at radius 3 is 2.44 bits per heavy atom. The summed E-state index contributed by atoms with van der Waals surface area (Å²) in [6, 6.07) is 5.80. The Kier molecular flexibility index (Phi) is 3.66. The molecule has 96 valence electrons. The minimum Gasteiger partial charge on any atom is -0.398 e. The summed E-state index contributed by atoms with van der Waals surface area (Å²) in [7, 11) is 1.61. The summed E-state index contributed by atoms with van der Waals surface area (Å²) < 4.78 is 0. The van der Waals surface area contributed by atoms with E-state index >= 15 is 0 Å². The topological polar surface area (TPSA) is 70.1 Å². The second-order valence-corrected chi connectivity index (χ2v) is 5.08. The molecule has 0 aliphatic carbocycles. The molecule has 0 saturated carbocycles. The Bertz CT molecular complexity index is 527. The predicted octanol–water partition coefficient (Wildman–Crippen LogP) is 2.26. The number of nitrogens with two attached hydrogens (primary N) is 1. The number of hydrogen-bond acceptors (Lipinski definition) is 3. The number of anilines is 1. The highest BCUT2D eigenvalue weighted by molar-refractivity contribution is 6.00. The highest BCUT2D eigenvalue weighted by Crippen LogP contribution is 2.23. The van der Waals surface area contributed by atoms with Gasteiger partial charge in [0.25, 0.3) is 5.91 Å². The Hall–Kier alpha value is -2.02. The molecule has 0 aliphatic heterocycles. The van der Waals surface area contributed by atoms with Crippen molar-refractivity contribution >= 4 is 11.6 Å². The standard InChI is InChI=1S/C14H19N3O/c1-9-6-10(2)12(16)11(7-9)13(18)17(5)14(3,4)8-15/h6-7H,16H2,1-5H3. The number of amides is 1. The molecule has 1 rings (SSSR count). The Morgan fingerprint density at radius 2 is 1.94 bits per heavy atom. The molecular formula is C14H19N3O. The average molecular weight is 245 g/mol. The molecule has 18 heavy (non-hydrogen) atoms. The number of nitriles is 1.